The van der Waals surface area contributed by atoms with Gasteiger partial charge >= 0.3 is 19.4 Å². The van der Waals surface area contributed by atoms with Gasteiger partial charge < -0.3 is 14.9 Å². The van der Waals surface area contributed by atoms with Crippen molar-refractivity contribution in [3.05, 3.63) is 57.6 Å². The number of nitrogens with zero attached hydrogens (tertiary/aromatic N) is 2. The van der Waals surface area contributed by atoms with Crippen molar-refractivity contribution < 1.29 is 37.3 Å². The van der Waals surface area contributed by atoms with Gasteiger partial charge in [0.05, 0.1) is 19.3 Å². The first-order valence-electron chi connectivity index (χ1n) is 9.51. The molecule has 1 unspecified atom stereocenters. The Morgan fingerprint density at radius 2 is 2.16 bits per heavy atom. The summed E-state index contributed by atoms with van der Waals surface area (Å²) in [6, 6.07) is 7.92. The molecular formula is C18H19ClF2N3O7P. The van der Waals surface area contributed by atoms with E-state index >= 15 is 0 Å². The highest BCUT2D eigenvalue weighted by Crippen LogP contribution is 2.55. The summed E-state index contributed by atoms with van der Waals surface area (Å²) in [6.45, 7) is -0.776. The SMILES string of the molecule is O=c1nc(N[P@@]2(=O)OCC[C@@H](c3cccc(Cl)c3)O2)ccn1[C@@H]1O[C@H](CO)C(O)C1(F)F. The van der Waals surface area contributed by atoms with Crippen molar-refractivity contribution in [3.8, 4) is 0 Å². The van der Waals surface area contributed by atoms with Crippen molar-refractivity contribution in [2.24, 2.45) is 0 Å². The van der Waals surface area contributed by atoms with Crippen molar-refractivity contribution in [1.29, 1.82) is 0 Å². The number of hydrogen-bond acceptors (Lipinski definition) is 8. The zero-order chi connectivity index (χ0) is 23.1. The number of aliphatic hydroxyl groups excluding tert-OH is 2. The highest BCUT2D eigenvalue weighted by Gasteiger charge is 2.59. The summed E-state index contributed by atoms with van der Waals surface area (Å²) in [7, 11) is -3.94. The number of anilines is 1. The standard InChI is InChI=1S/C18H19ClF2N3O7P/c19-11-3-1-2-10(8-11)12-5-7-29-32(28,31-12)23-14-4-6-24(17(27)22-14)16-18(20,21)15(26)13(9-25)30-16/h1-4,6,8,12-13,15-16,25-26H,5,7,9H2,(H,22,23,27,28)/t12-,13+,15?,16+,32+/m0/s1. The average molecular weight is 494 g/mol. The van der Waals surface area contributed by atoms with Gasteiger partial charge in [0, 0.05) is 17.6 Å². The molecule has 2 saturated heterocycles. The third-order valence-corrected chi connectivity index (χ3v) is 6.81. The van der Waals surface area contributed by atoms with Gasteiger partial charge in [-0.1, -0.05) is 23.7 Å². The van der Waals surface area contributed by atoms with E-state index in [9.17, 15) is 23.2 Å². The molecule has 0 aliphatic carbocycles. The molecule has 0 spiro atoms. The highest BCUT2D eigenvalue weighted by molar-refractivity contribution is 7.55. The molecule has 2 aromatic rings. The summed E-state index contributed by atoms with van der Waals surface area (Å²) in [5.41, 5.74) is -0.482. The third-order valence-electron chi connectivity index (χ3n) is 5.02. The Hall–Kier alpha value is -1.92. The highest BCUT2D eigenvalue weighted by atomic mass is 35.5. The van der Waals surface area contributed by atoms with Crippen molar-refractivity contribution in [3.63, 3.8) is 0 Å². The molecule has 32 heavy (non-hydrogen) atoms. The molecule has 0 amide bonds. The first-order chi connectivity index (χ1) is 15.1. The maximum absolute atomic E-state index is 14.3. The normalized spacial score (nSPS) is 32.0. The molecule has 14 heteroatoms. The lowest BCUT2D eigenvalue weighted by atomic mass is 10.1. The van der Waals surface area contributed by atoms with E-state index in [0.717, 1.165) is 12.3 Å². The van der Waals surface area contributed by atoms with E-state index in [1.165, 1.54) is 0 Å². The van der Waals surface area contributed by atoms with Crippen LogP contribution in [-0.2, 0) is 18.3 Å². The second kappa shape index (κ2) is 8.79. The van der Waals surface area contributed by atoms with Crippen molar-refractivity contribution in [1.82, 2.24) is 9.55 Å². The van der Waals surface area contributed by atoms with Crippen LogP contribution in [0, 0.1) is 0 Å². The fourth-order valence-electron chi connectivity index (χ4n) is 3.44. The van der Waals surface area contributed by atoms with Crippen LogP contribution in [0.1, 0.15) is 24.3 Å². The molecule has 5 atom stereocenters. The Balaban J connectivity index is 1.52. The third kappa shape index (κ3) is 4.44. The minimum Gasteiger partial charge on any atom is -0.394 e. The van der Waals surface area contributed by atoms with Crippen LogP contribution in [0.15, 0.2) is 41.3 Å². The predicted molar refractivity (Wildman–Crippen MR) is 108 cm³/mol. The number of aliphatic hydroxyl groups is 2. The number of alkyl halides is 2. The first kappa shape index (κ1) is 23.2. The van der Waals surface area contributed by atoms with Gasteiger partial charge in [0.2, 0.25) is 6.23 Å². The monoisotopic (exact) mass is 493 g/mol. The van der Waals surface area contributed by atoms with Gasteiger partial charge in [0.15, 0.2) is 6.10 Å². The van der Waals surface area contributed by atoms with Crippen molar-refractivity contribution in [2.75, 3.05) is 18.3 Å². The minimum absolute atomic E-state index is 0.0844. The van der Waals surface area contributed by atoms with Crippen LogP contribution in [0.3, 0.4) is 0 Å². The molecule has 0 saturated carbocycles. The number of hydrogen-bond donors (Lipinski definition) is 3. The summed E-state index contributed by atoms with van der Waals surface area (Å²) in [6.07, 6.45) is -5.29. The van der Waals surface area contributed by atoms with Crippen LogP contribution >= 0.6 is 19.3 Å². The van der Waals surface area contributed by atoms with E-state index < -0.39 is 50.5 Å². The fourth-order valence-corrected chi connectivity index (χ4v) is 5.13. The van der Waals surface area contributed by atoms with Gasteiger partial charge in [0.25, 0.3) is 0 Å². The molecule has 2 aliphatic rings. The molecule has 3 heterocycles. The number of aromatic nitrogens is 2. The minimum atomic E-state index is -3.94. The zero-order valence-corrected chi connectivity index (χ0v) is 18.0. The van der Waals surface area contributed by atoms with Crippen LogP contribution in [0.5, 0.6) is 0 Å². The number of halogens is 3. The molecule has 2 aliphatic heterocycles. The van der Waals surface area contributed by atoms with E-state index in [4.69, 9.17) is 30.5 Å². The van der Waals surface area contributed by atoms with Crippen molar-refractivity contribution in [2.45, 2.75) is 36.9 Å². The molecule has 10 nitrogen and oxygen atoms in total. The second-order valence-electron chi connectivity index (χ2n) is 7.21. The van der Waals surface area contributed by atoms with E-state index in [-0.39, 0.29) is 12.4 Å². The summed E-state index contributed by atoms with van der Waals surface area (Å²) in [5.74, 6) is -4.08. The quantitative estimate of drug-likeness (QED) is 0.537. The number of ether oxygens (including phenoxy) is 1. The predicted octanol–water partition coefficient (Wildman–Crippen LogP) is 2.48. The lowest BCUT2D eigenvalue weighted by Gasteiger charge is -2.30. The Labute approximate surface area is 185 Å². The maximum atomic E-state index is 14.3. The van der Waals surface area contributed by atoms with Crippen LogP contribution in [-0.4, -0.2) is 51.1 Å². The number of rotatable bonds is 5. The smallest absolute Gasteiger partial charge is 0.394 e. The van der Waals surface area contributed by atoms with Crippen LogP contribution in [0.25, 0.3) is 0 Å². The first-order valence-corrected chi connectivity index (χ1v) is 11.4. The summed E-state index contributed by atoms with van der Waals surface area (Å²) in [4.78, 5) is 16.0. The van der Waals surface area contributed by atoms with E-state index in [1.807, 2.05) is 0 Å². The van der Waals surface area contributed by atoms with Gasteiger partial charge in [-0.15, -0.1) is 0 Å². The van der Waals surface area contributed by atoms with Gasteiger partial charge in [-0.2, -0.15) is 13.8 Å². The Bertz CT molecular complexity index is 1100. The zero-order valence-electron chi connectivity index (χ0n) is 16.3. The summed E-state index contributed by atoms with van der Waals surface area (Å²) >= 11 is 5.99. The molecular weight excluding hydrogens is 475 g/mol. The summed E-state index contributed by atoms with van der Waals surface area (Å²) < 4.78 is 57.8. The molecule has 2 fully saturated rings. The second-order valence-corrected chi connectivity index (χ2v) is 9.34. The number of nitrogens with one attached hydrogen (secondary N) is 1. The van der Waals surface area contributed by atoms with E-state index in [1.54, 1.807) is 24.3 Å². The molecule has 1 aromatic heterocycles. The molecule has 174 valence electrons. The summed E-state index contributed by atoms with van der Waals surface area (Å²) in [5, 5.41) is 21.6. The van der Waals surface area contributed by atoms with E-state index in [2.05, 4.69) is 10.1 Å². The van der Waals surface area contributed by atoms with Gasteiger partial charge in [0.1, 0.15) is 11.9 Å². The Morgan fingerprint density at radius 1 is 1.38 bits per heavy atom. The van der Waals surface area contributed by atoms with Crippen LogP contribution < -0.4 is 10.8 Å². The van der Waals surface area contributed by atoms with Crippen molar-refractivity contribution >= 4 is 25.2 Å². The number of benzene rings is 1. The van der Waals surface area contributed by atoms with Gasteiger partial charge in [-0.05, 0) is 23.8 Å². The molecule has 4 rings (SSSR count). The topological polar surface area (TPSA) is 132 Å². The van der Waals surface area contributed by atoms with Gasteiger partial charge in [-0.25, -0.2) is 9.36 Å². The molecule has 0 radical (unpaired) electrons. The molecule has 3 N–H and O–H groups in total. The average Bonchev–Trinajstić information content (AvgIpc) is 2.97. The van der Waals surface area contributed by atoms with Crippen LogP contribution in [0.4, 0.5) is 14.6 Å². The lowest BCUT2D eigenvalue weighted by Crippen LogP contribution is -2.41. The fraction of sp³-hybridized carbons (Fsp3) is 0.444. The Kier molecular flexibility index (Phi) is 6.38. The van der Waals surface area contributed by atoms with E-state index in [0.29, 0.717) is 21.6 Å². The van der Waals surface area contributed by atoms with Gasteiger partial charge in [-0.3, -0.25) is 18.7 Å². The Morgan fingerprint density at radius 3 is 2.81 bits per heavy atom. The molecule has 1 aromatic carbocycles. The van der Waals surface area contributed by atoms with Crippen LogP contribution in [0.2, 0.25) is 5.02 Å². The molecule has 0 bridgehead atoms. The largest absolute Gasteiger partial charge is 0.434 e. The maximum Gasteiger partial charge on any atom is 0.434 e. The lowest BCUT2D eigenvalue weighted by molar-refractivity contribution is -0.140.